The van der Waals surface area contributed by atoms with Gasteiger partial charge in [-0.2, -0.15) is 11.8 Å². The molecule has 0 saturated carbocycles. The summed E-state index contributed by atoms with van der Waals surface area (Å²) in [5.74, 6) is 1.67. The zero-order valence-electron chi connectivity index (χ0n) is 10.1. The topological polar surface area (TPSA) is 40.5 Å². The molecule has 3 nitrogen and oxygen atoms in total. The van der Waals surface area contributed by atoms with Gasteiger partial charge in [0.25, 0.3) is 0 Å². The first-order valence-corrected chi connectivity index (χ1v) is 7.21. The van der Waals surface area contributed by atoms with E-state index in [2.05, 4.69) is 18.7 Å². The molecule has 2 heterocycles. The summed E-state index contributed by atoms with van der Waals surface area (Å²) in [5, 5.41) is 9.20. The molecule has 1 N–H and O–H groups in total. The number of rotatable bonds is 2. The van der Waals surface area contributed by atoms with Crippen molar-refractivity contribution in [2.45, 2.75) is 45.2 Å². The first-order valence-electron chi connectivity index (χ1n) is 6.06. The number of hydrogen-bond acceptors (Lipinski definition) is 3. The fraction of sp³-hybridized carbons (Fsp3) is 0.917. The summed E-state index contributed by atoms with van der Waals surface area (Å²) in [6, 6.07) is 0.247. The van der Waals surface area contributed by atoms with E-state index in [0.29, 0.717) is 11.5 Å². The summed E-state index contributed by atoms with van der Waals surface area (Å²) in [5.41, 5.74) is 0.360. The van der Waals surface area contributed by atoms with Crippen LogP contribution in [0.25, 0.3) is 0 Å². The van der Waals surface area contributed by atoms with Crippen LogP contribution in [0.1, 0.15) is 33.1 Å². The maximum Gasteiger partial charge on any atom is 0.320 e. The number of thioether (sulfide) groups is 1. The van der Waals surface area contributed by atoms with Gasteiger partial charge in [-0.05, 0) is 37.0 Å². The third-order valence-corrected chi connectivity index (χ3v) is 5.25. The predicted octanol–water partition coefficient (Wildman–Crippen LogP) is 2.07. The van der Waals surface area contributed by atoms with Gasteiger partial charge in [-0.25, -0.2) is 0 Å². The molecule has 16 heavy (non-hydrogen) atoms. The highest BCUT2D eigenvalue weighted by Crippen LogP contribution is 2.37. The fourth-order valence-corrected chi connectivity index (χ4v) is 4.30. The van der Waals surface area contributed by atoms with Crippen molar-refractivity contribution in [2.24, 2.45) is 5.41 Å². The molecule has 2 atom stereocenters. The zero-order valence-corrected chi connectivity index (χ0v) is 10.9. The van der Waals surface area contributed by atoms with E-state index in [1.165, 1.54) is 5.75 Å². The van der Waals surface area contributed by atoms with Gasteiger partial charge in [0, 0.05) is 11.8 Å². The van der Waals surface area contributed by atoms with E-state index in [-0.39, 0.29) is 6.04 Å². The molecule has 0 spiro atoms. The summed E-state index contributed by atoms with van der Waals surface area (Å²) in [7, 11) is 0. The highest BCUT2D eigenvalue weighted by atomic mass is 32.2. The van der Waals surface area contributed by atoms with Crippen molar-refractivity contribution in [3.63, 3.8) is 0 Å². The van der Waals surface area contributed by atoms with E-state index in [0.717, 1.165) is 31.6 Å². The minimum atomic E-state index is -0.633. The smallest absolute Gasteiger partial charge is 0.320 e. The van der Waals surface area contributed by atoms with Crippen LogP contribution in [0.2, 0.25) is 0 Å². The monoisotopic (exact) mass is 243 g/mol. The SMILES string of the molecule is CC1(C)CSCC(N2CCCC2C(=O)O)C1. The first kappa shape index (κ1) is 12.2. The highest BCUT2D eigenvalue weighted by molar-refractivity contribution is 7.99. The van der Waals surface area contributed by atoms with E-state index >= 15 is 0 Å². The van der Waals surface area contributed by atoms with Crippen molar-refractivity contribution in [3.05, 3.63) is 0 Å². The van der Waals surface area contributed by atoms with Gasteiger partial charge in [-0.3, -0.25) is 9.69 Å². The molecule has 0 aromatic carbocycles. The standard InChI is InChI=1S/C12H21NO2S/c1-12(2)6-9(7-16-8-12)13-5-3-4-10(13)11(14)15/h9-10H,3-8H2,1-2H3,(H,14,15). The Balaban J connectivity index is 2.03. The van der Waals surface area contributed by atoms with E-state index in [1.807, 2.05) is 11.8 Å². The average Bonchev–Trinajstić information content (AvgIpc) is 2.64. The van der Waals surface area contributed by atoms with Crippen LogP contribution in [0.4, 0.5) is 0 Å². The van der Waals surface area contributed by atoms with Crippen molar-refractivity contribution in [1.82, 2.24) is 4.90 Å². The number of hydrogen-bond donors (Lipinski definition) is 1. The Kier molecular flexibility index (Phi) is 3.50. The molecular formula is C12H21NO2S. The minimum Gasteiger partial charge on any atom is -0.480 e. The van der Waals surface area contributed by atoms with Gasteiger partial charge >= 0.3 is 5.97 Å². The number of aliphatic carboxylic acids is 1. The lowest BCUT2D eigenvalue weighted by Gasteiger charge is -2.40. The predicted molar refractivity (Wildman–Crippen MR) is 66.9 cm³/mol. The summed E-state index contributed by atoms with van der Waals surface area (Å²) in [4.78, 5) is 13.4. The molecule has 2 fully saturated rings. The lowest BCUT2D eigenvalue weighted by Crippen LogP contribution is -2.48. The third-order valence-electron chi connectivity index (χ3n) is 3.64. The zero-order chi connectivity index (χ0) is 11.8. The van der Waals surface area contributed by atoms with Crippen molar-refractivity contribution >= 4 is 17.7 Å². The van der Waals surface area contributed by atoms with Crippen molar-refractivity contribution in [3.8, 4) is 0 Å². The Morgan fingerprint density at radius 2 is 2.25 bits per heavy atom. The molecule has 2 aliphatic rings. The molecule has 2 aliphatic heterocycles. The van der Waals surface area contributed by atoms with Crippen LogP contribution in [0.3, 0.4) is 0 Å². The van der Waals surface area contributed by atoms with Crippen LogP contribution in [0, 0.1) is 5.41 Å². The van der Waals surface area contributed by atoms with E-state index in [4.69, 9.17) is 0 Å². The Morgan fingerprint density at radius 1 is 1.50 bits per heavy atom. The van der Waals surface area contributed by atoms with Crippen LogP contribution < -0.4 is 0 Å². The van der Waals surface area contributed by atoms with Gasteiger partial charge in [0.15, 0.2) is 0 Å². The normalized spacial score (nSPS) is 35.1. The van der Waals surface area contributed by atoms with Crippen LogP contribution >= 0.6 is 11.8 Å². The molecular weight excluding hydrogens is 222 g/mol. The summed E-state index contributed by atoms with van der Waals surface area (Å²) in [6.45, 7) is 5.55. The van der Waals surface area contributed by atoms with E-state index in [1.54, 1.807) is 0 Å². The maximum absolute atomic E-state index is 11.2. The summed E-state index contributed by atoms with van der Waals surface area (Å²) >= 11 is 1.98. The third kappa shape index (κ3) is 2.54. The molecule has 0 aromatic heterocycles. The van der Waals surface area contributed by atoms with Crippen LogP contribution in [0.5, 0.6) is 0 Å². The molecule has 4 heteroatoms. The molecule has 0 radical (unpaired) electrons. The summed E-state index contributed by atoms with van der Waals surface area (Å²) in [6.07, 6.45) is 3.01. The van der Waals surface area contributed by atoms with Crippen molar-refractivity contribution < 1.29 is 9.90 Å². The second kappa shape index (κ2) is 4.57. The Bertz CT molecular complexity index is 280. The van der Waals surface area contributed by atoms with Gasteiger partial charge in [-0.1, -0.05) is 13.8 Å². The molecule has 0 aliphatic carbocycles. The number of carboxylic acids is 1. The molecule has 2 saturated heterocycles. The van der Waals surface area contributed by atoms with Crippen molar-refractivity contribution in [2.75, 3.05) is 18.1 Å². The average molecular weight is 243 g/mol. The van der Waals surface area contributed by atoms with Crippen LogP contribution in [-0.2, 0) is 4.79 Å². The molecule has 0 aromatic rings. The van der Waals surface area contributed by atoms with Crippen LogP contribution in [0.15, 0.2) is 0 Å². The van der Waals surface area contributed by atoms with Crippen LogP contribution in [-0.4, -0.2) is 46.1 Å². The first-order chi connectivity index (χ1) is 7.49. The Labute approximate surface area is 102 Å². The van der Waals surface area contributed by atoms with Crippen molar-refractivity contribution in [1.29, 1.82) is 0 Å². The Morgan fingerprint density at radius 3 is 2.88 bits per heavy atom. The van der Waals surface area contributed by atoms with Gasteiger partial charge in [0.1, 0.15) is 6.04 Å². The van der Waals surface area contributed by atoms with E-state index in [9.17, 15) is 9.90 Å². The lowest BCUT2D eigenvalue weighted by atomic mass is 9.87. The Hall–Kier alpha value is -0.220. The second-order valence-corrected chi connectivity index (χ2v) is 6.80. The summed E-state index contributed by atoms with van der Waals surface area (Å²) < 4.78 is 0. The fourth-order valence-electron chi connectivity index (χ4n) is 2.93. The number of likely N-dealkylation sites (tertiary alicyclic amines) is 1. The number of nitrogens with zero attached hydrogens (tertiary/aromatic N) is 1. The van der Waals surface area contributed by atoms with E-state index < -0.39 is 5.97 Å². The maximum atomic E-state index is 11.2. The number of carboxylic acid groups (broad SMARTS) is 1. The van der Waals surface area contributed by atoms with Gasteiger partial charge in [0.05, 0.1) is 0 Å². The lowest BCUT2D eigenvalue weighted by molar-refractivity contribution is -0.143. The van der Waals surface area contributed by atoms with Gasteiger partial charge < -0.3 is 5.11 Å². The molecule has 0 bridgehead atoms. The number of carbonyl (C=O) groups is 1. The van der Waals surface area contributed by atoms with Gasteiger partial charge in [-0.15, -0.1) is 0 Å². The molecule has 0 amide bonds. The molecule has 2 rings (SSSR count). The highest BCUT2D eigenvalue weighted by Gasteiger charge is 2.39. The molecule has 92 valence electrons. The largest absolute Gasteiger partial charge is 0.480 e. The van der Waals surface area contributed by atoms with Gasteiger partial charge in [0.2, 0.25) is 0 Å². The minimum absolute atomic E-state index is 0.223. The molecule has 2 unspecified atom stereocenters. The second-order valence-electron chi connectivity index (χ2n) is 5.77. The quantitative estimate of drug-likeness (QED) is 0.806.